The molecule has 12 heavy (non-hydrogen) atoms. The van der Waals surface area contributed by atoms with Crippen molar-refractivity contribution in [2.45, 2.75) is 6.42 Å². The summed E-state index contributed by atoms with van der Waals surface area (Å²) in [6.45, 7) is 2.13. The van der Waals surface area contributed by atoms with Crippen LogP contribution in [0.2, 0.25) is 0 Å². The SMILES string of the molecule is Brc1ccsc1C1=CCCNC1. The van der Waals surface area contributed by atoms with Crippen molar-refractivity contribution in [2.75, 3.05) is 13.1 Å². The summed E-state index contributed by atoms with van der Waals surface area (Å²) in [5.74, 6) is 0. The van der Waals surface area contributed by atoms with Crippen LogP contribution in [-0.2, 0) is 0 Å². The van der Waals surface area contributed by atoms with E-state index in [4.69, 9.17) is 0 Å². The van der Waals surface area contributed by atoms with Crippen LogP contribution in [0, 0.1) is 0 Å². The highest BCUT2D eigenvalue weighted by Gasteiger charge is 2.09. The minimum Gasteiger partial charge on any atom is -0.312 e. The highest BCUT2D eigenvalue weighted by atomic mass is 79.9. The zero-order chi connectivity index (χ0) is 8.39. The maximum absolute atomic E-state index is 3.54. The molecule has 1 nitrogen and oxygen atoms in total. The molecule has 0 bridgehead atoms. The van der Waals surface area contributed by atoms with Crippen LogP contribution in [0.15, 0.2) is 22.0 Å². The zero-order valence-corrected chi connectivity index (χ0v) is 9.04. The zero-order valence-electron chi connectivity index (χ0n) is 6.64. The molecular formula is C9H10BrNS. The molecule has 2 rings (SSSR count). The largest absolute Gasteiger partial charge is 0.312 e. The molecule has 3 heteroatoms. The van der Waals surface area contributed by atoms with E-state index in [-0.39, 0.29) is 0 Å². The Morgan fingerprint density at radius 1 is 1.50 bits per heavy atom. The van der Waals surface area contributed by atoms with Crippen molar-refractivity contribution in [3.05, 3.63) is 26.9 Å². The first-order valence-electron chi connectivity index (χ1n) is 4.01. The summed E-state index contributed by atoms with van der Waals surface area (Å²) >= 11 is 5.34. The van der Waals surface area contributed by atoms with Crippen LogP contribution >= 0.6 is 27.3 Å². The van der Waals surface area contributed by atoms with Crippen molar-refractivity contribution in [3.8, 4) is 0 Å². The molecule has 0 fully saturated rings. The highest BCUT2D eigenvalue weighted by molar-refractivity contribution is 9.10. The highest BCUT2D eigenvalue weighted by Crippen LogP contribution is 2.30. The fourth-order valence-corrected chi connectivity index (χ4v) is 3.01. The maximum Gasteiger partial charge on any atom is 0.0454 e. The van der Waals surface area contributed by atoms with Gasteiger partial charge in [0.25, 0.3) is 0 Å². The van der Waals surface area contributed by atoms with Crippen LogP contribution in [0.5, 0.6) is 0 Å². The molecule has 0 unspecified atom stereocenters. The van der Waals surface area contributed by atoms with Crippen LogP contribution < -0.4 is 5.32 Å². The monoisotopic (exact) mass is 243 g/mol. The molecule has 0 spiro atoms. The third-order valence-electron chi connectivity index (χ3n) is 1.94. The van der Waals surface area contributed by atoms with Gasteiger partial charge >= 0.3 is 0 Å². The normalized spacial score (nSPS) is 17.6. The van der Waals surface area contributed by atoms with E-state index in [1.807, 2.05) is 0 Å². The van der Waals surface area contributed by atoms with E-state index in [9.17, 15) is 0 Å². The second kappa shape index (κ2) is 3.73. The lowest BCUT2D eigenvalue weighted by Gasteiger charge is -2.12. The van der Waals surface area contributed by atoms with Gasteiger partial charge in [-0.05, 0) is 45.9 Å². The number of rotatable bonds is 1. The van der Waals surface area contributed by atoms with E-state index < -0.39 is 0 Å². The first-order chi connectivity index (χ1) is 5.88. The Kier molecular flexibility index (Phi) is 2.63. The molecular weight excluding hydrogens is 234 g/mol. The Hall–Kier alpha value is -0.120. The molecule has 0 aromatic carbocycles. The lowest BCUT2D eigenvalue weighted by Crippen LogP contribution is -2.21. The van der Waals surface area contributed by atoms with Gasteiger partial charge in [-0.1, -0.05) is 6.08 Å². The number of nitrogens with one attached hydrogen (secondary N) is 1. The van der Waals surface area contributed by atoms with Gasteiger partial charge in [0.05, 0.1) is 0 Å². The summed E-state index contributed by atoms with van der Waals surface area (Å²) < 4.78 is 1.22. The topological polar surface area (TPSA) is 12.0 Å². The summed E-state index contributed by atoms with van der Waals surface area (Å²) in [5.41, 5.74) is 1.43. The minimum absolute atomic E-state index is 1.01. The van der Waals surface area contributed by atoms with Crippen molar-refractivity contribution >= 4 is 32.8 Å². The smallest absolute Gasteiger partial charge is 0.0454 e. The van der Waals surface area contributed by atoms with Gasteiger partial charge < -0.3 is 5.32 Å². The molecule has 0 radical (unpaired) electrons. The standard InChI is InChI=1S/C9H10BrNS/c10-8-3-5-12-9(8)7-2-1-4-11-6-7/h2-3,5,11H,1,4,6H2. The lowest BCUT2D eigenvalue weighted by molar-refractivity contribution is 0.740. The number of halogens is 1. The predicted octanol–water partition coefficient (Wildman–Crippen LogP) is 2.89. The molecule has 2 heterocycles. The second-order valence-electron chi connectivity index (χ2n) is 2.79. The molecule has 0 aliphatic carbocycles. The summed E-state index contributed by atoms with van der Waals surface area (Å²) in [7, 11) is 0. The summed E-state index contributed by atoms with van der Waals surface area (Å²) in [5, 5.41) is 5.49. The van der Waals surface area contributed by atoms with E-state index in [0.717, 1.165) is 19.5 Å². The molecule has 1 N–H and O–H groups in total. The molecule has 0 atom stereocenters. The van der Waals surface area contributed by atoms with Crippen LogP contribution in [-0.4, -0.2) is 13.1 Å². The van der Waals surface area contributed by atoms with Gasteiger partial charge in [-0.15, -0.1) is 11.3 Å². The molecule has 0 amide bonds. The quantitative estimate of drug-likeness (QED) is 0.800. The van der Waals surface area contributed by atoms with Gasteiger partial charge in [-0.2, -0.15) is 0 Å². The summed E-state index contributed by atoms with van der Waals surface area (Å²) in [6.07, 6.45) is 3.48. The van der Waals surface area contributed by atoms with E-state index in [1.165, 1.54) is 14.9 Å². The average Bonchev–Trinajstić information content (AvgIpc) is 2.53. The average molecular weight is 244 g/mol. The predicted molar refractivity (Wildman–Crippen MR) is 57.5 cm³/mol. The Balaban J connectivity index is 2.29. The second-order valence-corrected chi connectivity index (χ2v) is 4.56. The van der Waals surface area contributed by atoms with Gasteiger partial charge in [-0.3, -0.25) is 0 Å². The van der Waals surface area contributed by atoms with Crippen LogP contribution in [0.3, 0.4) is 0 Å². The Morgan fingerprint density at radius 3 is 3.00 bits per heavy atom. The van der Waals surface area contributed by atoms with Crippen molar-refractivity contribution in [3.63, 3.8) is 0 Å². The third-order valence-corrected chi connectivity index (χ3v) is 3.85. The van der Waals surface area contributed by atoms with E-state index in [0.29, 0.717) is 0 Å². The Morgan fingerprint density at radius 2 is 2.42 bits per heavy atom. The van der Waals surface area contributed by atoms with Crippen molar-refractivity contribution < 1.29 is 0 Å². The number of thiophene rings is 1. The van der Waals surface area contributed by atoms with Gasteiger partial charge in [0.1, 0.15) is 0 Å². The Bertz CT molecular complexity index is 303. The minimum atomic E-state index is 1.01. The van der Waals surface area contributed by atoms with Crippen molar-refractivity contribution in [1.29, 1.82) is 0 Å². The van der Waals surface area contributed by atoms with E-state index >= 15 is 0 Å². The first kappa shape index (κ1) is 8.48. The number of hydrogen-bond acceptors (Lipinski definition) is 2. The molecule has 1 aromatic rings. The molecule has 0 saturated heterocycles. The Labute approximate surface area is 84.6 Å². The van der Waals surface area contributed by atoms with E-state index in [2.05, 4.69) is 38.8 Å². The van der Waals surface area contributed by atoms with E-state index in [1.54, 1.807) is 11.3 Å². The van der Waals surface area contributed by atoms with Crippen molar-refractivity contribution in [2.24, 2.45) is 0 Å². The maximum atomic E-state index is 3.54. The molecule has 1 aromatic heterocycles. The summed E-state index contributed by atoms with van der Waals surface area (Å²) in [6, 6.07) is 2.11. The fourth-order valence-electron chi connectivity index (χ4n) is 1.34. The van der Waals surface area contributed by atoms with Crippen LogP contribution in [0.1, 0.15) is 11.3 Å². The lowest BCUT2D eigenvalue weighted by atomic mass is 10.1. The number of hydrogen-bond donors (Lipinski definition) is 1. The van der Waals surface area contributed by atoms with Crippen molar-refractivity contribution in [1.82, 2.24) is 5.32 Å². The van der Waals surface area contributed by atoms with Gasteiger partial charge in [0, 0.05) is 15.9 Å². The molecule has 0 saturated carbocycles. The molecule has 64 valence electrons. The van der Waals surface area contributed by atoms with Gasteiger partial charge in [0.15, 0.2) is 0 Å². The van der Waals surface area contributed by atoms with Crippen LogP contribution in [0.4, 0.5) is 0 Å². The fraction of sp³-hybridized carbons (Fsp3) is 0.333. The van der Waals surface area contributed by atoms with Crippen LogP contribution in [0.25, 0.3) is 5.57 Å². The first-order valence-corrected chi connectivity index (χ1v) is 5.68. The van der Waals surface area contributed by atoms with Gasteiger partial charge in [0.2, 0.25) is 0 Å². The molecule has 1 aliphatic heterocycles. The third kappa shape index (κ3) is 1.63. The summed E-state index contributed by atoms with van der Waals surface area (Å²) in [4.78, 5) is 1.38. The molecule has 1 aliphatic rings. The van der Waals surface area contributed by atoms with Gasteiger partial charge in [-0.25, -0.2) is 0 Å².